The largest absolute Gasteiger partial charge is 0.487 e. The first-order valence-corrected chi connectivity index (χ1v) is 9.89. The predicted octanol–water partition coefficient (Wildman–Crippen LogP) is 5.28. The van der Waals surface area contributed by atoms with Crippen molar-refractivity contribution in [3.05, 3.63) is 94.0 Å². The fourth-order valence-electron chi connectivity index (χ4n) is 3.81. The zero-order chi connectivity index (χ0) is 21.5. The van der Waals surface area contributed by atoms with Gasteiger partial charge < -0.3 is 4.74 Å². The summed E-state index contributed by atoms with van der Waals surface area (Å²) in [5, 5.41) is 0.137. The number of halogens is 2. The number of carbonyl (C=O) groups is 2. The number of ether oxygens (including phenoxy) is 1. The second kappa shape index (κ2) is 7.65. The molecule has 1 aliphatic carbocycles. The molecule has 1 unspecified atom stereocenters. The number of fused-ring (bicyclic) bond motifs is 1. The Balaban J connectivity index is 1.83. The summed E-state index contributed by atoms with van der Waals surface area (Å²) in [5.74, 6) is -3.01. The molecule has 0 aliphatic heterocycles. The van der Waals surface area contributed by atoms with Crippen LogP contribution in [0.2, 0.25) is 5.02 Å². The van der Waals surface area contributed by atoms with Crippen molar-refractivity contribution in [3.63, 3.8) is 0 Å². The molecule has 0 fully saturated rings. The maximum Gasteiger partial charge on any atom is 0.179 e. The van der Waals surface area contributed by atoms with Crippen LogP contribution in [0.25, 0.3) is 0 Å². The zero-order valence-corrected chi connectivity index (χ0v) is 17.2. The van der Waals surface area contributed by atoms with Gasteiger partial charge in [-0.05, 0) is 43.7 Å². The molecule has 152 valence electrons. The van der Waals surface area contributed by atoms with Gasteiger partial charge in [0, 0.05) is 17.3 Å². The Hall–Kier alpha value is -3.05. The Morgan fingerprint density at radius 1 is 1.07 bits per heavy atom. The molecule has 1 aliphatic rings. The molecule has 0 saturated carbocycles. The Labute approximate surface area is 178 Å². The third kappa shape index (κ3) is 3.29. The van der Waals surface area contributed by atoms with Gasteiger partial charge in [-0.2, -0.15) is 0 Å². The van der Waals surface area contributed by atoms with Gasteiger partial charge in [-0.1, -0.05) is 41.9 Å². The van der Waals surface area contributed by atoms with Gasteiger partial charge in [-0.25, -0.2) is 4.39 Å². The average Bonchev–Trinajstić information content (AvgIpc) is 2.75. The highest BCUT2D eigenvalue weighted by Crippen LogP contribution is 2.45. The molecule has 30 heavy (non-hydrogen) atoms. The first-order chi connectivity index (χ1) is 14.3. The number of Topliss-reactive ketones (excluding diaryl/α,β-unsaturated/α-hetero) is 2. The number of aromatic nitrogens is 1. The van der Waals surface area contributed by atoms with Gasteiger partial charge in [-0.3, -0.25) is 14.6 Å². The SMILES string of the molecule is CC1(C)C(=O)C(c2c(F)ccc(Cl)c2OCc2ccccc2)C(=O)c2cccnc21. The third-order valence-electron chi connectivity index (χ3n) is 5.42. The van der Waals surface area contributed by atoms with E-state index in [0.29, 0.717) is 11.3 Å². The molecule has 0 bridgehead atoms. The number of pyridine rings is 1. The van der Waals surface area contributed by atoms with Crippen LogP contribution in [-0.4, -0.2) is 16.6 Å². The highest BCUT2D eigenvalue weighted by atomic mass is 35.5. The molecular formula is C24H19ClFNO3. The van der Waals surface area contributed by atoms with Gasteiger partial charge in [-0.15, -0.1) is 0 Å². The molecule has 0 radical (unpaired) electrons. The molecule has 0 N–H and O–H groups in total. The monoisotopic (exact) mass is 423 g/mol. The molecule has 3 aromatic rings. The van der Waals surface area contributed by atoms with Crippen LogP contribution in [0.5, 0.6) is 5.75 Å². The van der Waals surface area contributed by atoms with E-state index in [2.05, 4.69) is 4.98 Å². The van der Waals surface area contributed by atoms with Crippen molar-refractivity contribution in [2.45, 2.75) is 31.8 Å². The van der Waals surface area contributed by atoms with Gasteiger partial charge >= 0.3 is 0 Å². The van der Waals surface area contributed by atoms with Gasteiger partial charge in [0.05, 0.1) is 16.1 Å². The lowest BCUT2D eigenvalue weighted by Crippen LogP contribution is -2.44. The molecule has 4 rings (SSSR count). The van der Waals surface area contributed by atoms with Gasteiger partial charge in [0.15, 0.2) is 11.6 Å². The molecule has 4 nitrogen and oxygen atoms in total. The lowest BCUT2D eigenvalue weighted by Gasteiger charge is -2.34. The molecule has 0 spiro atoms. The minimum Gasteiger partial charge on any atom is -0.487 e. The van der Waals surface area contributed by atoms with Crippen LogP contribution >= 0.6 is 11.6 Å². The van der Waals surface area contributed by atoms with E-state index in [-0.39, 0.29) is 22.9 Å². The fourth-order valence-corrected chi connectivity index (χ4v) is 4.03. The van der Waals surface area contributed by atoms with E-state index >= 15 is 4.39 Å². The second-order valence-electron chi connectivity index (χ2n) is 7.73. The topological polar surface area (TPSA) is 56.3 Å². The van der Waals surface area contributed by atoms with Crippen molar-refractivity contribution >= 4 is 23.2 Å². The van der Waals surface area contributed by atoms with Crippen molar-refractivity contribution in [1.82, 2.24) is 4.98 Å². The van der Waals surface area contributed by atoms with E-state index in [9.17, 15) is 9.59 Å². The molecule has 0 amide bonds. The highest BCUT2D eigenvalue weighted by molar-refractivity contribution is 6.32. The summed E-state index contributed by atoms with van der Waals surface area (Å²) < 4.78 is 20.9. The average molecular weight is 424 g/mol. The third-order valence-corrected chi connectivity index (χ3v) is 5.71. The van der Waals surface area contributed by atoms with Crippen LogP contribution in [0, 0.1) is 5.82 Å². The molecule has 6 heteroatoms. The minimum atomic E-state index is -1.36. The standard InChI is InChI=1S/C24H19ClFNO3/c1-24(2)22-15(9-6-12-27-22)20(28)19(23(24)29)18-17(26)11-10-16(25)21(18)30-13-14-7-4-3-5-8-14/h3-12,19H,13H2,1-2H3. The summed E-state index contributed by atoms with van der Waals surface area (Å²) in [6, 6.07) is 15.0. The van der Waals surface area contributed by atoms with Crippen molar-refractivity contribution in [2.24, 2.45) is 0 Å². The summed E-state index contributed by atoms with van der Waals surface area (Å²) in [6.45, 7) is 3.49. The first-order valence-electron chi connectivity index (χ1n) is 9.51. The van der Waals surface area contributed by atoms with E-state index in [1.807, 2.05) is 30.3 Å². The summed E-state index contributed by atoms with van der Waals surface area (Å²) in [5.41, 5.74) is 0.350. The quantitative estimate of drug-likeness (QED) is 0.536. The summed E-state index contributed by atoms with van der Waals surface area (Å²) in [4.78, 5) is 30.9. The molecule has 1 atom stereocenters. The lowest BCUT2D eigenvalue weighted by atomic mass is 9.67. The van der Waals surface area contributed by atoms with Crippen LogP contribution in [0.1, 0.15) is 46.9 Å². The van der Waals surface area contributed by atoms with Gasteiger partial charge in [0.25, 0.3) is 0 Å². The van der Waals surface area contributed by atoms with E-state index in [1.54, 1.807) is 26.0 Å². The van der Waals surface area contributed by atoms with Crippen molar-refractivity contribution in [1.29, 1.82) is 0 Å². The van der Waals surface area contributed by atoms with Gasteiger partial charge in [0.2, 0.25) is 0 Å². The van der Waals surface area contributed by atoms with Crippen LogP contribution < -0.4 is 4.74 Å². The summed E-state index contributed by atoms with van der Waals surface area (Å²) in [6.07, 6.45) is 1.54. The molecule has 1 aromatic heterocycles. The van der Waals surface area contributed by atoms with Crippen LogP contribution in [0.3, 0.4) is 0 Å². The predicted molar refractivity (Wildman–Crippen MR) is 112 cm³/mol. The normalized spacial score (nSPS) is 17.5. The van der Waals surface area contributed by atoms with Crippen molar-refractivity contribution in [2.75, 3.05) is 0 Å². The van der Waals surface area contributed by atoms with Crippen LogP contribution in [0.15, 0.2) is 60.8 Å². The number of ketones is 2. The lowest BCUT2D eigenvalue weighted by molar-refractivity contribution is -0.124. The Morgan fingerprint density at radius 2 is 1.80 bits per heavy atom. The summed E-state index contributed by atoms with van der Waals surface area (Å²) >= 11 is 6.33. The van der Waals surface area contributed by atoms with E-state index in [4.69, 9.17) is 16.3 Å². The minimum absolute atomic E-state index is 0.00959. The van der Waals surface area contributed by atoms with Crippen molar-refractivity contribution < 1.29 is 18.7 Å². The Bertz CT molecular complexity index is 1140. The second-order valence-corrected chi connectivity index (χ2v) is 8.14. The summed E-state index contributed by atoms with van der Waals surface area (Å²) in [7, 11) is 0. The Kier molecular flexibility index (Phi) is 5.16. The molecule has 1 heterocycles. The van der Waals surface area contributed by atoms with Crippen LogP contribution in [0.4, 0.5) is 4.39 Å². The van der Waals surface area contributed by atoms with Gasteiger partial charge in [0.1, 0.15) is 24.1 Å². The molecule has 0 saturated heterocycles. The molecule has 2 aromatic carbocycles. The fraction of sp³-hybridized carbons (Fsp3) is 0.208. The van der Waals surface area contributed by atoms with Crippen molar-refractivity contribution in [3.8, 4) is 5.75 Å². The van der Waals surface area contributed by atoms with Crippen LogP contribution in [-0.2, 0) is 16.8 Å². The van der Waals surface area contributed by atoms with E-state index < -0.39 is 28.7 Å². The van der Waals surface area contributed by atoms with E-state index in [0.717, 1.165) is 11.6 Å². The maximum atomic E-state index is 15.1. The number of benzene rings is 2. The highest BCUT2D eigenvalue weighted by Gasteiger charge is 2.49. The number of carbonyl (C=O) groups excluding carboxylic acids is 2. The number of hydrogen-bond acceptors (Lipinski definition) is 4. The van der Waals surface area contributed by atoms with E-state index in [1.165, 1.54) is 12.3 Å². The number of rotatable bonds is 4. The first kappa shape index (κ1) is 20.2. The maximum absolute atomic E-state index is 15.1. The molecular weight excluding hydrogens is 405 g/mol. The Morgan fingerprint density at radius 3 is 2.53 bits per heavy atom. The number of nitrogens with zero attached hydrogens (tertiary/aromatic N) is 1. The zero-order valence-electron chi connectivity index (χ0n) is 16.5. The number of hydrogen-bond donors (Lipinski definition) is 0. The smallest absolute Gasteiger partial charge is 0.179 e.